The lowest BCUT2D eigenvalue weighted by atomic mass is 10.0. The Morgan fingerprint density at radius 2 is 2.15 bits per heavy atom. The summed E-state index contributed by atoms with van der Waals surface area (Å²) in [4.78, 5) is 14.3. The maximum atomic E-state index is 12.5. The zero-order valence-corrected chi connectivity index (χ0v) is 15.5. The Morgan fingerprint density at radius 3 is 2.88 bits per heavy atom. The van der Waals surface area contributed by atoms with E-state index in [1.165, 1.54) is 0 Å². The molecule has 1 aliphatic heterocycles. The molecule has 0 saturated carbocycles. The molecule has 138 valence electrons. The number of benzene rings is 1. The van der Waals surface area contributed by atoms with Gasteiger partial charge in [-0.15, -0.1) is 0 Å². The summed E-state index contributed by atoms with van der Waals surface area (Å²) in [5.74, 6) is 0. The third-order valence-electron chi connectivity index (χ3n) is 4.12. The molecule has 1 aromatic heterocycles. The van der Waals surface area contributed by atoms with E-state index in [0.717, 1.165) is 16.8 Å². The third-order valence-corrected chi connectivity index (χ3v) is 4.12. The van der Waals surface area contributed by atoms with E-state index >= 15 is 0 Å². The second kappa shape index (κ2) is 7.83. The fraction of sp³-hybridized carbons (Fsp3) is 0.450. The number of nitrogens with zero attached hydrogens (tertiary/aromatic N) is 3. The third kappa shape index (κ3) is 4.79. The predicted octanol–water partition coefficient (Wildman–Crippen LogP) is 3.32. The topological polar surface area (TPSA) is 64.5 Å². The first kappa shape index (κ1) is 18.3. The lowest BCUT2D eigenvalue weighted by Gasteiger charge is -2.36. The molecule has 6 nitrogen and oxygen atoms in total. The van der Waals surface area contributed by atoms with Crippen molar-refractivity contribution in [2.75, 3.05) is 19.8 Å². The van der Waals surface area contributed by atoms with Crippen LogP contribution in [0.25, 0.3) is 11.3 Å². The number of ether oxygens (including phenoxy) is 2. The summed E-state index contributed by atoms with van der Waals surface area (Å²) in [5, 5.41) is 8.10. The van der Waals surface area contributed by atoms with Gasteiger partial charge in [-0.05, 0) is 51.0 Å². The van der Waals surface area contributed by atoms with Crippen LogP contribution >= 0.6 is 0 Å². The van der Waals surface area contributed by atoms with Gasteiger partial charge in [0.2, 0.25) is 0 Å². The second-order valence-corrected chi connectivity index (χ2v) is 7.42. The number of amides is 1. The molecule has 6 heteroatoms. The molecule has 0 spiro atoms. The Labute approximate surface area is 154 Å². The van der Waals surface area contributed by atoms with Crippen molar-refractivity contribution >= 4 is 6.09 Å². The number of hydrogen-bond acceptors (Lipinski definition) is 5. The molecule has 1 fully saturated rings. The van der Waals surface area contributed by atoms with Crippen molar-refractivity contribution in [2.24, 2.45) is 0 Å². The molecule has 1 saturated heterocycles. The van der Waals surface area contributed by atoms with E-state index in [-0.39, 0.29) is 12.1 Å². The maximum absolute atomic E-state index is 12.5. The molecule has 1 atom stereocenters. The Bertz CT molecular complexity index is 743. The zero-order chi connectivity index (χ0) is 18.6. The smallest absolute Gasteiger partial charge is 0.410 e. The number of carbonyl (C=O) groups is 1. The molecular weight excluding hydrogens is 330 g/mol. The SMILES string of the molecule is CC(C)(C)OC(=O)N1CCOC[C@H]1Cc1cccc(-c2cccnn2)c1. The van der Waals surface area contributed by atoms with Crippen molar-refractivity contribution in [2.45, 2.75) is 38.8 Å². The normalized spacial score (nSPS) is 17.8. The van der Waals surface area contributed by atoms with Crippen LogP contribution in [0.3, 0.4) is 0 Å². The van der Waals surface area contributed by atoms with Crippen LogP contribution in [0, 0.1) is 0 Å². The number of morpholine rings is 1. The van der Waals surface area contributed by atoms with Gasteiger partial charge in [0.25, 0.3) is 0 Å². The summed E-state index contributed by atoms with van der Waals surface area (Å²) in [5.41, 5.74) is 2.46. The fourth-order valence-corrected chi connectivity index (χ4v) is 2.97. The van der Waals surface area contributed by atoms with E-state index in [1.807, 2.05) is 45.0 Å². The maximum Gasteiger partial charge on any atom is 0.410 e. The molecule has 0 unspecified atom stereocenters. The lowest BCUT2D eigenvalue weighted by molar-refractivity contribution is -0.0319. The first-order valence-electron chi connectivity index (χ1n) is 8.87. The van der Waals surface area contributed by atoms with Gasteiger partial charge in [0, 0.05) is 18.3 Å². The molecule has 0 N–H and O–H groups in total. The minimum Gasteiger partial charge on any atom is -0.444 e. The van der Waals surface area contributed by atoms with E-state index < -0.39 is 5.60 Å². The summed E-state index contributed by atoms with van der Waals surface area (Å²) in [6, 6.07) is 11.9. The average molecular weight is 355 g/mol. The van der Waals surface area contributed by atoms with E-state index in [1.54, 1.807) is 11.1 Å². The van der Waals surface area contributed by atoms with Gasteiger partial charge < -0.3 is 14.4 Å². The fourth-order valence-electron chi connectivity index (χ4n) is 2.97. The predicted molar refractivity (Wildman–Crippen MR) is 98.7 cm³/mol. The first-order valence-corrected chi connectivity index (χ1v) is 8.87. The van der Waals surface area contributed by atoms with Crippen LogP contribution < -0.4 is 0 Å². The van der Waals surface area contributed by atoms with Crippen molar-refractivity contribution in [3.8, 4) is 11.3 Å². The molecule has 3 rings (SSSR count). The molecule has 1 amide bonds. The zero-order valence-electron chi connectivity index (χ0n) is 15.5. The minimum absolute atomic E-state index is 0.0456. The Hall–Kier alpha value is -2.47. The number of carbonyl (C=O) groups excluding carboxylic acids is 1. The van der Waals surface area contributed by atoms with Crippen LogP contribution in [0.15, 0.2) is 42.6 Å². The minimum atomic E-state index is -0.508. The Morgan fingerprint density at radius 1 is 1.31 bits per heavy atom. The van der Waals surface area contributed by atoms with Gasteiger partial charge >= 0.3 is 6.09 Å². The van der Waals surface area contributed by atoms with Gasteiger partial charge in [0.05, 0.1) is 24.9 Å². The lowest BCUT2D eigenvalue weighted by Crippen LogP contribution is -2.51. The van der Waals surface area contributed by atoms with E-state index in [9.17, 15) is 4.79 Å². The first-order chi connectivity index (χ1) is 12.4. The van der Waals surface area contributed by atoms with Crippen LogP contribution in [0.5, 0.6) is 0 Å². The van der Waals surface area contributed by atoms with Crippen molar-refractivity contribution in [1.29, 1.82) is 0 Å². The molecule has 26 heavy (non-hydrogen) atoms. The number of hydrogen-bond donors (Lipinski definition) is 0. The van der Waals surface area contributed by atoms with Crippen molar-refractivity contribution in [3.05, 3.63) is 48.2 Å². The van der Waals surface area contributed by atoms with Gasteiger partial charge in [-0.25, -0.2) is 4.79 Å². The molecule has 2 heterocycles. The van der Waals surface area contributed by atoms with Crippen molar-refractivity contribution in [3.63, 3.8) is 0 Å². The molecule has 2 aromatic rings. The van der Waals surface area contributed by atoms with E-state index in [2.05, 4.69) is 22.3 Å². The highest BCUT2D eigenvalue weighted by molar-refractivity contribution is 5.69. The summed E-state index contributed by atoms with van der Waals surface area (Å²) in [7, 11) is 0. The summed E-state index contributed by atoms with van der Waals surface area (Å²) in [6.45, 7) is 7.23. The molecular formula is C20H25N3O3. The van der Waals surface area contributed by atoms with E-state index in [0.29, 0.717) is 26.2 Å². The summed E-state index contributed by atoms with van der Waals surface area (Å²) in [6.07, 6.45) is 2.08. The van der Waals surface area contributed by atoms with Gasteiger partial charge in [-0.3, -0.25) is 0 Å². The number of rotatable bonds is 3. The van der Waals surface area contributed by atoms with Gasteiger partial charge in [-0.2, -0.15) is 10.2 Å². The van der Waals surface area contributed by atoms with Gasteiger partial charge in [0.15, 0.2) is 0 Å². The molecule has 0 radical (unpaired) electrons. The van der Waals surface area contributed by atoms with Gasteiger partial charge in [-0.1, -0.05) is 18.2 Å². The summed E-state index contributed by atoms with van der Waals surface area (Å²) >= 11 is 0. The molecule has 0 aliphatic carbocycles. The van der Waals surface area contributed by atoms with Gasteiger partial charge in [0.1, 0.15) is 5.60 Å². The van der Waals surface area contributed by atoms with Crippen LogP contribution in [0.2, 0.25) is 0 Å². The van der Waals surface area contributed by atoms with Crippen LogP contribution in [-0.4, -0.2) is 52.6 Å². The molecule has 1 aromatic carbocycles. The molecule has 1 aliphatic rings. The van der Waals surface area contributed by atoms with E-state index in [4.69, 9.17) is 9.47 Å². The van der Waals surface area contributed by atoms with Crippen LogP contribution in [-0.2, 0) is 15.9 Å². The standard InChI is InChI=1S/C20H25N3O3/c1-20(2,3)26-19(24)23-10-11-25-14-17(23)13-15-6-4-7-16(12-15)18-8-5-9-21-22-18/h4-9,12,17H,10-11,13-14H2,1-3H3/t17-/m1/s1. The summed E-state index contributed by atoms with van der Waals surface area (Å²) < 4.78 is 11.2. The highest BCUT2D eigenvalue weighted by Gasteiger charge is 2.31. The monoisotopic (exact) mass is 355 g/mol. The quantitative estimate of drug-likeness (QED) is 0.845. The molecule has 0 bridgehead atoms. The van der Waals surface area contributed by atoms with Crippen LogP contribution in [0.1, 0.15) is 26.3 Å². The second-order valence-electron chi connectivity index (χ2n) is 7.42. The highest BCUT2D eigenvalue weighted by Crippen LogP contribution is 2.21. The number of aromatic nitrogens is 2. The highest BCUT2D eigenvalue weighted by atomic mass is 16.6. The van der Waals surface area contributed by atoms with Crippen LogP contribution in [0.4, 0.5) is 4.79 Å². The average Bonchev–Trinajstić information content (AvgIpc) is 2.62. The Kier molecular flexibility index (Phi) is 5.52. The van der Waals surface area contributed by atoms with Crippen molar-refractivity contribution < 1.29 is 14.3 Å². The Balaban J connectivity index is 1.75. The largest absolute Gasteiger partial charge is 0.444 e. The van der Waals surface area contributed by atoms with Crippen molar-refractivity contribution in [1.82, 2.24) is 15.1 Å².